The third kappa shape index (κ3) is 4.45. The Kier molecular flexibility index (Phi) is 6.13. The molecule has 0 fully saturated rings. The van der Waals surface area contributed by atoms with E-state index in [2.05, 4.69) is 10.1 Å². The van der Waals surface area contributed by atoms with Gasteiger partial charge in [0.25, 0.3) is 5.91 Å². The maximum atomic E-state index is 14.5. The van der Waals surface area contributed by atoms with Gasteiger partial charge in [0, 0.05) is 44.8 Å². The van der Waals surface area contributed by atoms with Crippen LogP contribution in [0.3, 0.4) is 0 Å². The highest BCUT2D eigenvalue weighted by atomic mass is 35.5. The van der Waals surface area contributed by atoms with E-state index in [1.165, 1.54) is 18.2 Å². The van der Waals surface area contributed by atoms with Crippen molar-refractivity contribution in [2.24, 2.45) is 0 Å². The predicted molar refractivity (Wildman–Crippen MR) is 140 cm³/mol. The summed E-state index contributed by atoms with van der Waals surface area (Å²) in [5.74, 6) is -1.02. The van der Waals surface area contributed by atoms with Crippen molar-refractivity contribution < 1.29 is 9.18 Å². The van der Waals surface area contributed by atoms with Gasteiger partial charge < -0.3 is 4.90 Å². The van der Waals surface area contributed by atoms with Gasteiger partial charge >= 0.3 is 0 Å². The number of carbonyl (C=O) groups excluding carboxylic acids is 1. The van der Waals surface area contributed by atoms with Gasteiger partial charge in [0.2, 0.25) is 0 Å². The summed E-state index contributed by atoms with van der Waals surface area (Å²) in [6.45, 7) is 5.81. The number of halogens is 2. The van der Waals surface area contributed by atoms with Crippen molar-refractivity contribution in [1.29, 1.82) is 0 Å². The van der Waals surface area contributed by atoms with Gasteiger partial charge in [-0.1, -0.05) is 35.9 Å². The summed E-state index contributed by atoms with van der Waals surface area (Å²) < 4.78 is 16.3. The Morgan fingerprint density at radius 1 is 1.09 bits per heavy atom. The molecule has 8 heteroatoms. The normalized spacial score (nSPS) is 11.4. The van der Waals surface area contributed by atoms with Crippen molar-refractivity contribution in [1.82, 2.24) is 14.6 Å². The molecule has 0 unspecified atom stereocenters. The fraction of sp³-hybridized carbons (Fsp3) is 0.148. The molecule has 5 nitrogen and oxygen atoms in total. The highest BCUT2D eigenvalue weighted by molar-refractivity contribution is 7.16. The van der Waals surface area contributed by atoms with E-state index in [-0.39, 0.29) is 16.6 Å². The number of aromatic nitrogens is 3. The lowest BCUT2D eigenvalue weighted by Gasteiger charge is -2.27. The van der Waals surface area contributed by atoms with Crippen molar-refractivity contribution in [2.75, 3.05) is 4.90 Å². The van der Waals surface area contributed by atoms with Crippen LogP contribution in [0, 0.1) is 12.7 Å². The largest absolute Gasteiger partial charge is 0.305 e. The van der Waals surface area contributed by atoms with Crippen LogP contribution in [0.2, 0.25) is 5.02 Å². The van der Waals surface area contributed by atoms with Crippen molar-refractivity contribution in [3.8, 4) is 21.7 Å². The smallest absolute Gasteiger partial charge is 0.261 e. The summed E-state index contributed by atoms with van der Waals surface area (Å²) in [5, 5.41) is 4.84. The predicted octanol–water partition coefficient (Wildman–Crippen LogP) is 7.28. The van der Waals surface area contributed by atoms with Crippen LogP contribution >= 0.6 is 22.9 Å². The maximum absolute atomic E-state index is 14.5. The number of amides is 1. The average molecular weight is 505 g/mol. The lowest BCUT2D eigenvalue weighted by atomic mass is 10.1. The molecule has 2 aromatic carbocycles. The lowest BCUT2D eigenvalue weighted by molar-refractivity contribution is 0.0976. The standard InChI is InChI=1S/C27H22ClFN4OS/c1-16(2)33(27(34)21-10-9-20(28)13-22(21)29)24-15-25(35-17(24)3)19-7-5-18(6-8-19)23-14-26-30-11-4-12-32(26)31-23/h4-16H,1-3H3. The summed E-state index contributed by atoms with van der Waals surface area (Å²) in [4.78, 5) is 21.3. The molecule has 0 saturated carbocycles. The fourth-order valence-corrected chi connectivity index (χ4v) is 5.22. The fourth-order valence-electron chi connectivity index (χ4n) is 4.05. The molecule has 0 atom stereocenters. The molecule has 0 saturated heterocycles. The summed E-state index contributed by atoms with van der Waals surface area (Å²) in [7, 11) is 0. The van der Waals surface area contributed by atoms with Crippen LogP contribution < -0.4 is 4.90 Å². The van der Waals surface area contributed by atoms with E-state index in [0.717, 1.165) is 37.9 Å². The molecule has 5 aromatic rings. The SMILES string of the molecule is Cc1sc(-c2ccc(-c3cc4ncccn4n3)cc2)cc1N(C(=O)c1ccc(Cl)cc1F)C(C)C. The Bertz CT molecular complexity index is 1510. The zero-order chi connectivity index (χ0) is 24.7. The third-order valence-electron chi connectivity index (χ3n) is 5.75. The van der Waals surface area contributed by atoms with E-state index < -0.39 is 11.7 Å². The summed E-state index contributed by atoms with van der Waals surface area (Å²) >= 11 is 7.48. The van der Waals surface area contributed by atoms with Crippen LogP contribution in [-0.2, 0) is 0 Å². The first-order chi connectivity index (χ1) is 16.8. The van der Waals surface area contributed by atoms with Gasteiger partial charge in [-0.15, -0.1) is 11.3 Å². The Morgan fingerprint density at radius 3 is 2.51 bits per heavy atom. The monoisotopic (exact) mass is 504 g/mol. The van der Waals surface area contributed by atoms with Crippen LogP contribution in [0.15, 0.2) is 73.1 Å². The Morgan fingerprint density at radius 2 is 1.83 bits per heavy atom. The molecule has 5 rings (SSSR count). The third-order valence-corrected chi connectivity index (χ3v) is 7.07. The van der Waals surface area contributed by atoms with Crippen molar-refractivity contribution in [3.63, 3.8) is 0 Å². The number of aryl methyl sites for hydroxylation is 1. The molecule has 0 aliphatic heterocycles. The molecule has 0 aliphatic carbocycles. The van der Waals surface area contributed by atoms with Crippen LogP contribution in [0.25, 0.3) is 27.3 Å². The summed E-state index contributed by atoms with van der Waals surface area (Å²) in [5.41, 5.74) is 4.44. The first kappa shape index (κ1) is 23.2. The highest BCUT2D eigenvalue weighted by Crippen LogP contribution is 2.38. The molecule has 0 aliphatic rings. The molecule has 3 heterocycles. The number of hydrogen-bond acceptors (Lipinski definition) is 4. The van der Waals surface area contributed by atoms with Gasteiger partial charge in [-0.2, -0.15) is 5.10 Å². The first-order valence-corrected chi connectivity index (χ1v) is 12.3. The first-order valence-electron chi connectivity index (χ1n) is 11.1. The van der Waals surface area contributed by atoms with Crippen LogP contribution in [-0.4, -0.2) is 26.5 Å². The second kappa shape index (κ2) is 9.24. The highest BCUT2D eigenvalue weighted by Gasteiger charge is 2.26. The number of carbonyl (C=O) groups is 1. The van der Waals surface area contributed by atoms with E-state index in [4.69, 9.17) is 11.6 Å². The van der Waals surface area contributed by atoms with Crippen molar-refractivity contribution in [3.05, 3.63) is 94.3 Å². The topological polar surface area (TPSA) is 50.5 Å². The zero-order valence-corrected chi connectivity index (χ0v) is 20.9. The Labute approximate surface area is 211 Å². The molecule has 0 N–H and O–H groups in total. The number of fused-ring (bicyclic) bond motifs is 1. The molecular weight excluding hydrogens is 483 g/mol. The number of nitrogens with zero attached hydrogens (tertiary/aromatic N) is 4. The Hall–Kier alpha value is -3.55. The number of rotatable bonds is 5. The van der Waals surface area contributed by atoms with Crippen molar-refractivity contribution in [2.45, 2.75) is 26.8 Å². The molecule has 0 spiro atoms. The van der Waals surface area contributed by atoms with Crippen LogP contribution in [0.1, 0.15) is 29.1 Å². The minimum Gasteiger partial charge on any atom is -0.305 e. The molecule has 35 heavy (non-hydrogen) atoms. The lowest BCUT2D eigenvalue weighted by Crippen LogP contribution is -2.37. The van der Waals surface area contributed by atoms with Gasteiger partial charge in [0.15, 0.2) is 5.65 Å². The van der Waals surface area contributed by atoms with E-state index in [1.54, 1.807) is 26.9 Å². The summed E-state index contributed by atoms with van der Waals surface area (Å²) in [6, 6.07) is 17.9. The van der Waals surface area contributed by atoms with Gasteiger partial charge in [-0.25, -0.2) is 13.9 Å². The zero-order valence-electron chi connectivity index (χ0n) is 19.4. The average Bonchev–Trinajstić information content (AvgIpc) is 3.43. The maximum Gasteiger partial charge on any atom is 0.261 e. The van der Waals surface area contributed by atoms with Gasteiger partial charge in [0.1, 0.15) is 5.82 Å². The second-order valence-corrected chi connectivity index (χ2v) is 10.2. The molecule has 1 amide bonds. The number of thiophene rings is 1. The van der Waals surface area contributed by atoms with E-state index in [1.807, 2.05) is 69.4 Å². The minimum absolute atomic E-state index is 0.00143. The van der Waals surface area contributed by atoms with Gasteiger partial charge in [0.05, 0.1) is 16.9 Å². The number of hydrogen-bond donors (Lipinski definition) is 0. The molecule has 0 radical (unpaired) electrons. The number of anilines is 1. The van der Waals surface area contributed by atoms with E-state index >= 15 is 0 Å². The summed E-state index contributed by atoms with van der Waals surface area (Å²) in [6.07, 6.45) is 3.61. The molecular formula is C27H22ClFN4OS. The van der Waals surface area contributed by atoms with E-state index in [0.29, 0.717) is 0 Å². The van der Waals surface area contributed by atoms with Crippen LogP contribution in [0.5, 0.6) is 0 Å². The quantitative estimate of drug-likeness (QED) is 0.252. The van der Waals surface area contributed by atoms with Gasteiger partial charge in [-0.3, -0.25) is 4.79 Å². The second-order valence-electron chi connectivity index (χ2n) is 8.47. The Balaban J connectivity index is 1.46. The molecule has 176 valence electrons. The molecule has 3 aromatic heterocycles. The van der Waals surface area contributed by atoms with E-state index in [9.17, 15) is 9.18 Å². The molecule has 0 bridgehead atoms. The van der Waals surface area contributed by atoms with Crippen LogP contribution in [0.4, 0.5) is 10.1 Å². The number of benzene rings is 2. The van der Waals surface area contributed by atoms with Crippen molar-refractivity contribution >= 4 is 40.2 Å². The minimum atomic E-state index is -0.626. The van der Waals surface area contributed by atoms with Gasteiger partial charge in [-0.05, 0) is 56.7 Å².